The minimum atomic E-state index is 0.402. The number of rotatable bonds is 3. The molecule has 2 rings (SSSR count). The number of hydrogen-bond acceptors (Lipinski definition) is 4. The van der Waals surface area contributed by atoms with E-state index in [-0.39, 0.29) is 0 Å². The first-order valence-corrected chi connectivity index (χ1v) is 7.24. The molecule has 0 spiro atoms. The fourth-order valence-corrected chi connectivity index (χ4v) is 3.49. The molecule has 1 fully saturated rings. The van der Waals surface area contributed by atoms with Crippen LogP contribution in [0.2, 0.25) is 0 Å². The number of thiazole rings is 1. The number of aryl methyl sites for hydroxylation is 1. The normalized spacial score (nSPS) is 26.5. The molecule has 0 bridgehead atoms. The first kappa shape index (κ1) is 12.8. The predicted molar refractivity (Wildman–Crippen MR) is 74.9 cm³/mol. The molecule has 3 atom stereocenters. The number of hydrogen-bond donors (Lipinski definition) is 1. The van der Waals surface area contributed by atoms with Crippen LogP contribution in [0.4, 0.5) is 5.13 Å². The number of aromatic nitrogens is 1. The smallest absolute Gasteiger partial charge is 0.185 e. The Hall–Kier alpha value is -0.610. The number of anilines is 1. The van der Waals surface area contributed by atoms with E-state index in [0.717, 1.165) is 24.9 Å². The van der Waals surface area contributed by atoms with Crippen molar-refractivity contribution >= 4 is 16.5 Å². The van der Waals surface area contributed by atoms with E-state index in [1.807, 2.05) is 18.4 Å². The van der Waals surface area contributed by atoms with Crippen LogP contribution >= 0.6 is 11.3 Å². The van der Waals surface area contributed by atoms with E-state index >= 15 is 0 Å². The molecule has 17 heavy (non-hydrogen) atoms. The van der Waals surface area contributed by atoms with Gasteiger partial charge in [0, 0.05) is 24.0 Å². The minimum absolute atomic E-state index is 0.402. The van der Waals surface area contributed by atoms with Gasteiger partial charge in [0.05, 0.1) is 5.69 Å². The molecule has 0 aliphatic carbocycles. The molecule has 1 aliphatic rings. The Morgan fingerprint density at radius 1 is 1.35 bits per heavy atom. The molecule has 3 nitrogen and oxygen atoms in total. The molecular weight excluding hydrogens is 230 g/mol. The highest BCUT2D eigenvalue weighted by molar-refractivity contribution is 7.15. The van der Waals surface area contributed by atoms with Gasteiger partial charge in [-0.05, 0) is 32.7 Å². The van der Waals surface area contributed by atoms with Crippen molar-refractivity contribution < 1.29 is 0 Å². The van der Waals surface area contributed by atoms with Gasteiger partial charge in [-0.25, -0.2) is 4.98 Å². The zero-order valence-corrected chi connectivity index (χ0v) is 12.3. The Bertz CT molecular complexity index is 378. The van der Waals surface area contributed by atoms with Crippen molar-refractivity contribution in [3.8, 4) is 0 Å². The first-order valence-electron chi connectivity index (χ1n) is 6.42. The lowest BCUT2D eigenvalue weighted by atomic mass is 10.0. The summed E-state index contributed by atoms with van der Waals surface area (Å²) in [6.45, 7) is 11.3. The monoisotopic (exact) mass is 253 g/mol. The summed E-state index contributed by atoms with van der Waals surface area (Å²) in [4.78, 5) is 8.55. The molecule has 1 aromatic heterocycles. The van der Waals surface area contributed by atoms with Crippen molar-refractivity contribution in [3.05, 3.63) is 10.6 Å². The summed E-state index contributed by atoms with van der Waals surface area (Å²) >= 11 is 1.85. The average Bonchev–Trinajstić information content (AvgIpc) is 2.82. The second kappa shape index (κ2) is 4.94. The SMILES string of the molecule is CNC(C)c1sc(N2CC(C)C(C)C2)nc1C. The van der Waals surface area contributed by atoms with Gasteiger partial charge < -0.3 is 10.2 Å². The summed E-state index contributed by atoms with van der Waals surface area (Å²) in [5.74, 6) is 1.56. The molecule has 96 valence electrons. The average molecular weight is 253 g/mol. The van der Waals surface area contributed by atoms with E-state index in [1.165, 1.54) is 15.7 Å². The van der Waals surface area contributed by atoms with Gasteiger partial charge in [-0.3, -0.25) is 0 Å². The van der Waals surface area contributed by atoms with E-state index < -0.39 is 0 Å². The molecule has 2 heterocycles. The molecule has 1 aromatic rings. The first-order chi connectivity index (χ1) is 8.02. The maximum absolute atomic E-state index is 4.73. The van der Waals surface area contributed by atoms with Gasteiger partial charge in [0.2, 0.25) is 0 Å². The van der Waals surface area contributed by atoms with Crippen molar-refractivity contribution in [1.29, 1.82) is 0 Å². The largest absolute Gasteiger partial charge is 0.348 e. The summed E-state index contributed by atoms with van der Waals surface area (Å²) < 4.78 is 0. The van der Waals surface area contributed by atoms with Gasteiger partial charge in [0.25, 0.3) is 0 Å². The van der Waals surface area contributed by atoms with Crippen molar-refractivity contribution in [3.63, 3.8) is 0 Å². The number of nitrogens with one attached hydrogen (secondary N) is 1. The molecule has 0 aromatic carbocycles. The van der Waals surface area contributed by atoms with E-state index in [9.17, 15) is 0 Å². The van der Waals surface area contributed by atoms with Crippen LogP contribution in [0.25, 0.3) is 0 Å². The summed E-state index contributed by atoms with van der Waals surface area (Å²) in [6.07, 6.45) is 0. The zero-order chi connectivity index (χ0) is 12.6. The van der Waals surface area contributed by atoms with Crippen LogP contribution in [0.5, 0.6) is 0 Å². The van der Waals surface area contributed by atoms with Crippen molar-refractivity contribution in [1.82, 2.24) is 10.3 Å². The Morgan fingerprint density at radius 3 is 2.47 bits per heavy atom. The van der Waals surface area contributed by atoms with Crippen molar-refractivity contribution in [2.45, 2.75) is 33.7 Å². The van der Waals surface area contributed by atoms with E-state index in [1.54, 1.807) is 0 Å². The fraction of sp³-hybridized carbons (Fsp3) is 0.769. The van der Waals surface area contributed by atoms with Crippen LogP contribution in [0, 0.1) is 18.8 Å². The van der Waals surface area contributed by atoms with Crippen molar-refractivity contribution in [2.24, 2.45) is 11.8 Å². The summed E-state index contributed by atoms with van der Waals surface area (Å²) in [6, 6.07) is 0.402. The molecule has 1 saturated heterocycles. The van der Waals surface area contributed by atoms with E-state index in [0.29, 0.717) is 6.04 Å². The highest BCUT2D eigenvalue weighted by Crippen LogP contribution is 2.34. The third-order valence-corrected chi connectivity index (χ3v) is 5.31. The molecule has 0 radical (unpaired) electrons. The Kier molecular flexibility index (Phi) is 3.73. The van der Waals surface area contributed by atoms with Crippen LogP contribution in [0.3, 0.4) is 0 Å². The second-order valence-corrected chi connectivity index (χ2v) is 6.33. The summed E-state index contributed by atoms with van der Waals surface area (Å²) in [5.41, 5.74) is 1.18. The Morgan fingerprint density at radius 2 is 1.94 bits per heavy atom. The van der Waals surface area contributed by atoms with Gasteiger partial charge in [0.15, 0.2) is 5.13 Å². The standard InChI is InChI=1S/C13H23N3S/c1-8-6-16(7-9(8)2)13-15-11(4)12(17-13)10(3)14-5/h8-10,14H,6-7H2,1-5H3. The highest BCUT2D eigenvalue weighted by Gasteiger charge is 2.28. The predicted octanol–water partition coefficient (Wildman–Crippen LogP) is 2.82. The summed E-state index contributed by atoms with van der Waals surface area (Å²) in [5, 5.41) is 4.50. The van der Waals surface area contributed by atoms with Crippen LogP contribution in [0.1, 0.15) is 37.4 Å². The van der Waals surface area contributed by atoms with Crippen LogP contribution in [-0.2, 0) is 0 Å². The van der Waals surface area contributed by atoms with Crippen LogP contribution in [-0.4, -0.2) is 25.1 Å². The van der Waals surface area contributed by atoms with E-state index in [4.69, 9.17) is 4.98 Å². The maximum atomic E-state index is 4.73. The topological polar surface area (TPSA) is 28.2 Å². The Balaban J connectivity index is 2.18. The lowest BCUT2D eigenvalue weighted by Gasteiger charge is -2.13. The Labute approximate surface area is 108 Å². The molecule has 1 aliphatic heterocycles. The molecular formula is C13H23N3S. The maximum Gasteiger partial charge on any atom is 0.185 e. The second-order valence-electron chi connectivity index (χ2n) is 5.32. The van der Waals surface area contributed by atoms with Gasteiger partial charge in [-0.15, -0.1) is 11.3 Å². The van der Waals surface area contributed by atoms with Gasteiger partial charge in [-0.1, -0.05) is 13.8 Å². The van der Waals surface area contributed by atoms with Crippen LogP contribution in [0.15, 0.2) is 0 Å². The summed E-state index contributed by atoms with van der Waals surface area (Å²) in [7, 11) is 2.00. The molecule has 0 saturated carbocycles. The van der Waals surface area contributed by atoms with Crippen molar-refractivity contribution in [2.75, 3.05) is 25.0 Å². The van der Waals surface area contributed by atoms with Gasteiger partial charge >= 0.3 is 0 Å². The highest BCUT2D eigenvalue weighted by atomic mass is 32.1. The number of nitrogens with zero attached hydrogens (tertiary/aromatic N) is 2. The van der Waals surface area contributed by atoms with Gasteiger partial charge in [-0.2, -0.15) is 0 Å². The third kappa shape index (κ3) is 2.47. The van der Waals surface area contributed by atoms with E-state index in [2.05, 4.69) is 37.9 Å². The fourth-order valence-electron chi connectivity index (χ4n) is 2.35. The molecule has 3 unspecified atom stereocenters. The lowest BCUT2D eigenvalue weighted by Crippen LogP contribution is -2.19. The van der Waals surface area contributed by atoms with Gasteiger partial charge in [0.1, 0.15) is 0 Å². The third-order valence-electron chi connectivity index (χ3n) is 3.91. The van der Waals surface area contributed by atoms with Crippen LogP contribution < -0.4 is 10.2 Å². The molecule has 0 amide bonds. The zero-order valence-electron chi connectivity index (χ0n) is 11.4. The lowest BCUT2D eigenvalue weighted by molar-refractivity contribution is 0.494. The molecule has 1 N–H and O–H groups in total. The molecule has 4 heteroatoms. The quantitative estimate of drug-likeness (QED) is 0.898. The minimum Gasteiger partial charge on any atom is -0.348 e.